The van der Waals surface area contributed by atoms with Crippen molar-refractivity contribution in [2.45, 2.75) is 32.7 Å². The van der Waals surface area contributed by atoms with E-state index in [-0.39, 0.29) is 24.2 Å². The number of ether oxygens (including phenoxy) is 2. The van der Waals surface area contributed by atoms with E-state index in [1.54, 1.807) is 12.0 Å². The third-order valence-corrected chi connectivity index (χ3v) is 4.16. The van der Waals surface area contributed by atoms with E-state index in [4.69, 9.17) is 9.15 Å². The monoisotopic (exact) mass is 389 g/mol. The predicted octanol–water partition coefficient (Wildman–Crippen LogP) is 3.66. The molecule has 28 heavy (non-hydrogen) atoms. The van der Waals surface area contributed by atoms with Crippen molar-refractivity contribution in [1.82, 2.24) is 9.88 Å². The van der Waals surface area contributed by atoms with Crippen LogP contribution in [0.5, 0.6) is 0 Å². The molecular formula is C20H27N3O5. The van der Waals surface area contributed by atoms with Gasteiger partial charge in [0.1, 0.15) is 6.26 Å². The minimum absolute atomic E-state index is 0.0685. The fourth-order valence-electron chi connectivity index (χ4n) is 2.55. The Kier molecular flexibility index (Phi) is 8.01. The van der Waals surface area contributed by atoms with Crippen molar-refractivity contribution in [3.05, 3.63) is 47.7 Å². The number of anilines is 1. The topological polar surface area (TPSA) is 93.9 Å². The van der Waals surface area contributed by atoms with Gasteiger partial charge in [-0.2, -0.15) is 0 Å². The number of hydrogen-bond donors (Lipinski definition) is 1. The number of rotatable bonds is 9. The number of aromatic nitrogens is 1. The van der Waals surface area contributed by atoms with Crippen LogP contribution >= 0.6 is 0 Å². The van der Waals surface area contributed by atoms with Crippen molar-refractivity contribution in [2.24, 2.45) is 0 Å². The standard InChI is InChI=1S/C20H27N3O5/c1-14(2)15-6-8-16(9-7-15)21-20(25)23(10-5-11-26-3)12-18-22-17(13-28-18)19(24)27-4/h6-9,13-14H,5,10-12H2,1-4H3,(H,21,25). The Morgan fingerprint density at radius 3 is 2.54 bits per heavy atom. The highest BCUT2D eigenvalue weighted by molar-refractivity contribution is 5.89. The van der Waals surface area contributed by atoms with Crippen molar-refractivity contribution in [3.8, 4) is 0 Å². The SMILES string of the molecule is COCCCN(Cc1nc(C(=O)OC)co1)C(=O)Nc1ccc(C(C)C)cc1. The van der Waals surface area contributed by atoms with Gasteiger partial charge in [-0.05, 0) is 30.0 Å². The average molecular weight is 389 g/mol. The Bertz CT molecular complexity index is 770. The lowest BCUT2D eigenvalue weighted by molar-refractivity contribution is 0.0594. The lowest BCUT2D eigenvalue weighted by Gasteiger charge is -2.21. The molecule has 152 valence electrons. The molecule has 0 atom stereocenters. The van der Waals surface area contributed by atoms with Crippen LogP contribution in [0.4, 0.5) is 10.5 Å². The fourth-order valence-corrected chi connectivity index (χ4v) is 2.55. The first-order valence-corrected chi connectivity index (χ1v) is 9.12. The number of benzene rings is 1. The molecule has 8 heteroatoms. The molecule has 0 bridgehead atoms. The van der Waals surface area contributed by atoms with Crippen LogP contribution in [0.1, 0.15) is 48.1 Å². The lowest BCUT2D eigenvalue weighted by atomic mass is 10.0. The molecule has 0 aliphatic carbocycles. The molecule has 0 saturated heterocycles. The van der Waals surface area contributed by atoms with Crippen molar-refractivity contribution < 1.29 is 23.5 Å². The summed E-state index contributed by atoms with van der Waals surface area (Å²) in [4.78, 5) is 29.9. The summed E-state index contributed by atoms with van der Waals surface area (Å²) in [5.41, 5.74) is 1.97. The number of methoxy groups -OCH3 is 2. The normalized spacial score (nSPS) is 10.8. The molecule has 0 spiro atoms. The van der Waals surface area contributed by atoms with Crippen LogP contribution in [0, 0.1) is 0 Å². The number of oxazole rings is 1. The largest absolute Gasteiger partial charge is 0.464 e. The van der Waals surface area contributed by atoms with Gasteiger partial charge in [0, 0.05) is 25.9 Å². The zero-order valence-corrected chi connectivity index (χ0v) is 16.7. The quantitative estimate of drug-likeness (QED) is 0.520. The van der Waals surface area contributed by atoms with E-state index < -0.39 is 5.97 Å². The van der Waals surface area contributed by atoms with E-state index in [0.29, 0.717) is 31.2 Å². The summed E-state index contributed by atoms with van der Waals surface area (Å²) in [7, 11) is 2.88. The molecule has 0 unspecified atom stereocenters. The van der Waals surface area contributed by atoms with Crippen LogP contribution in [0.3, 0.4) is 0 Å². The number of carbonyl (C=O) groups is 2. The first-order valence-electron chi connectivity index (χ1n) is 9.12. The first-order chi connectivity index (χ1) is 13.4. The maximum absolute atomic E-state index is 12.7. The summed E-state index contributed by atoms with van der Waals surface area (Å²) in [6.45, 7) is 5.32. The third-order valence-electron chi connectivity index (χ3n) is 4.16. The van der Waals surface area contributed by atoms with Gasteiger partial charge in [-0.25, -0.2) is 14.6 Å². The van der Waals surface area contributed by atoms with Crippen molar-refractivity contribution in [2.75, 3.05) is 32.7 Å². The second kappa shape index (κ2) is 10.5. The molecule has 0 radical (unpaired) electrons. The van der Waals surface area contributed by atoms with Gasteiger partial charge in [0.2, 0.25) is 5.89 Å². The van der Waals surface area contributed by atoms with Crippen LogP contribution < -0.4 is 5.32 Å². The average Bonchev–Trinajstić information content (AvgIpc) is 3.15. The molecule has 1 aromatic heterocycles. The Hall–Kier alpha value is -2.87. The maximum atomic E-state index is 12.7. The van der Waals surface area contributed by atoms with Crippen molar-refractivity contribution in [3.63, 3.8) is 0 Å². The van der Waals surface area contributed by atoms with E-state index in [1.807, 2.05) is 24.3 Å². The van der Waals surface area contributed by atoms with Crippen LogP contribution in [0.15, 0.2) is 34.9 Å². The van der Waals surface area contributed by atoms with Crippen LogP contribution in [-0.2, 0) is 16.0 Å². The number of nitrogens with zero attached hydrogens (tertiary/aromatic N) is 2. The molecule has 1 N–H and O–H groups in total. The number of amides is 2. The van der Waals surface area contributed by atoms with Crippen LogP contribution in [0.2, 0.25) is 0 Å². The lowest BCUT2D eigenvalue weighted by Crippen LogP contribution is -2.35. The number of esters is 1. The second-order valence-electron chi connectivity index (χ2n) is 6.59. The van der Waals surface area contributed by atoms with Gasteiger partial charge in [-0.3, -0.25) is 0 Å². The summed E-state index contributed by atoms with van der Waals surface area (Å²) in [5.74, 6) is 0.0862. The van der Waals surface area contributed by atoms with Gasteiger partial charge >= 0.3 is 12.0 Å². The molecule has 2 amide bonds. The number of hydrogen-bond acceptors (Lipinski definition) is 6. The van der Waals surface area contributed by atoms with Gasteiger partial charge in [0.25, 0.3) is 0 Å². The smallest absolute Gasteiger partial charge is 0.360 e. The minimum atomic E-state index is -0.587. The zero-order valence-electron chi connectivity index (χ0n) is 16.7. The number of carbonyl (C=O) groups excluding carboxylic acids is 2. The highest BCUT2D eigenvalue weighted by Crippen LogP contribution is 2.18. The van der Waals surface area contributed by atoms with E-state index in [1.165, 1.54) is 18.9 Å². The van der Waals surface area contributed by atoms with Gasteiger partial charge in [0.15, 0.2) is 5.69 Å². The Balaban J connectivity index is 2.06. The van der Waals surface area contributed by atoms with Crippen LogP contribution in [0.25, 0.3) is 0 Å². The molecule has 2 aromatic rings. The molecular weight excluding hydrogens is 362 g/mol. The van der Waals surface area contributed by atoms with Gasteiger partial charge in [0.05, 0.1) is 13.7 Å². The summed E-state index contributed by atoms with van der Waals surface area (Å²) in [5, 5.41) is 2.88. The fraction of sp³-hybridized carbons (Fsp3) is 0.450. The third kappa shape index (κ3) is 6.09. The van der Waals surface area contributed by atoms with Gasteiger partial charge < -0.3 is 24.1 Å². The first kappa shape index (κ1) is 21.4. The van der Waals surface area contributed by atoms with Gasteiger partial charge in [-0.1, -0.05) is 26.0 Å². The molecule has 0 aliphatic rings. The highest BCUT2D eigenvalue weighted by atomic mass is 16.5. The molecule has 1 aromatic carbocycles. The van der Waals surface area contributed by atoms with E-state index in [0.717, 1.165) is 0 Å². The Morgan fingerprint density at radius 1 is 1.21 bits per heavy atom. The predicted molar refractivity (Wildman–Crippen MR) is 104 cm³/mol. The number of urea groups is 1. The van der Waals surface area contributed by atoms with Crippen LogP contribution in [-0.4, -0.2) is 49.3 Å². The second-order valence-corrected chi connectivity index (χ2v) is 6.59. The van der Waals surface area contributed by atoms with Crippen molar-refractivity contribution in [1.29, 1.82) is 0 Å². The Labute approximate surface area is 164 Å². The molecule has 0 aliphatic heterocycles. The van der Waals surface area contributed by atoms with E-state index >= 15 is 0 Å². The molecule has 8 nitrogen and oxygen atoms in total. The number of nitrogens with one attached hydrogen (secondary N) is 1. The summed E-state index contributed by atoms with van der Waals surface area (Å²) >= 11 is 0. The maximum Gasteiger partial charge on any atom is 0.360 e. The van der Waals surface area contributed by atoms with Crippen molar-refractivity contribution >= 4 is 17.7 Å². The molecule has 0 saturated carbocycles. The van der Waals surface area contributed by atoms with E-state index in [2.05, 4.69) is 28.9 Å². The zero-order chi connectivity index (χ0) is 20.5. The summed E-state index contributed by atoms with van der Waals surface area (Å²) in [6.07, 6.45) is 1.87. The summed E-state index contributed by atoms with van der Waals surface area (Å²) in [6, 6.07) is 7.45. The van der Waals surface area contributed by atoms with E-state index in [9.17, 15) is 9.59 Å². The molecule has 1 heterocycles. The highest BCUT2D eigenvalue weighted by Gasteiger charge is 2.19. The Morgan fingerprint density at radius 2 is 1.93 bits per heavy atom. The van der Waals surface area contributed by atoms with Gasteiger partial charge in [-0.15, -0.1) is 0 Å². The molecule has 2 rings (SSSR count). The molecule has 0 fully saturated rings. The minimum Gasteiger partial charge on any atom is -0.464 e. The summed E-state index contributed by atoms with van der Waals surface area (Å²) < 4.78 is 15.0.